The van der Waals surface area contributed by atoms with Crippen LogP contribution in [0.15, 0.2) is 39.9 Å². The largest absolute Gasteiger partial charge is 0.493 e. The Kier molecular flexibility index (Phi) is 8.15. The molecule has 1 aromatic carbocycles. The van der Waals surface area contributed by atoms with E-state index in [1.807, 2.05) is 38.1 Å². The molecule has 0 aliphatic heterocycles. The fourth-order valence-corrected chi connectivity index (χ4v) is 2.71. The molecule has 142 valence electrons. The minimum atomic E-state index is 0.471. The van der Waals surface area contributed by atoms with E-state index in [2.05, 4.69) is 15.6 Å². The molecule has 1 heterocycles. The molecule has 0 amide bonds. The number of rotatable bonds is 9. The van der Waals surface area contributed by atoms with Gasteiger partial charge in [-0.25, -0.2) is 4.99 Å². The van der Waals surface area contributed by atoms with Crippen molar-refractivity contribution in [1.29, 1.82) is 0 Å². The van der Waals surface area contributed by atoms with Crippen molar-refractivity contribution in [3.63, 3.8) is 0 Å². The zero-order valence-corrected chi connectivity index (χ0v) is 16.2. The van der Waals surface area contributed by atoms with E-state index in [1.165, 1.54) is 0 Å². The van der Waals surface area contributed by atoms with Gasteiger partial charge in [0.25, 0.3) is 0 Å². The molecular weight excluding hydrogens is 354 g/mol. The summed E-state index contributed by atoms with van der Waals surface area (Å²) in [5, 5.41) is 7.04. The second kappa shape index (κ2) is 10.6. The molecule has 2 N–H and O–H groups in total. The topological polar surface area (TPSA) is 68.0 Å². The number of ether oxygens (including phenoxy) is 2. The van der Waals surface area contributed by atoms with Crippen molar-refractivity contribution in [2.45, 2.75) is 26.8 Å². The Morgan fingerprint density at radius 1 is 1.27 bits per heavy atom. The second-order valence-corrected chi connectivity index (χ2v) is 5.90. The molecule has 0 radical (unpaired) electrons. The van der Waals surface area contributed by atoms with E-state index < -0.39 is 0 Å². The summed E-state index contributed by atoms with van der Waals surface area (Å²) in [7, 11) is 1.60. The molecular formula is C19H26ClN3O3. The first-order chi connectivity index (χ1) is 12.7. The third kappa shape index (κ3) is 5.88. The highest BCUT2D eigenvalue weighted by Crippen LogP contribution is 2.36. The molecule has 1 aromatic heterocycles. The SMILES string of the molecule is CCNC(=NCc1cc(Cl)c(OCC)c(OC)c1)NCCc1ccco1. The molecule has 0 atom stereocenters. The van der Waals surface area contributed by atoms with E-state index in [9.17, 15) is 0 Å². The summed E-state index contributed by atoms with van der Waals surface area (Å²) in [4.78, 5) is 4.60. The van der Waals surface area contributed by atoms with Gasteiger partial charge in [-0.15, -0.1) is 0 Å². The molecule has 0 aliphatic carbocycles. The van der Waals surface area contributed by atoms with Crippen LogP contribution < -0.4 is 20.1 Å². The number of nitrogens with zero attached hydrogens (tertiary/aromatic N) is 1. The maximum absolute atomic E-state index is 6.31. The van der Waals surface area contributed by atoms with E-state index in [0.717, 1.165) is 36.8 Å². The van der Waals surface area contributed by atoms with Crippen LogP contribution in [0.1, 0.15) is 25.2 Å². The van der Waals surface area contributed by atoms with Crippen LogP contribution in [0.5, 0.6) is 11.5 Å². The van der Waals surface area contributed by atoms with Gasteiger partial charge >= 0.3 is 0 Å². The summed E-state index contributed by atoms with van der Waals surface area (Å²) in [5.41, 5.74) is 0.943. The maximum atomic E-state index is 6.31. The van der Waals surface area contributed by atoms with Gasteiger partial charge in [0.2, 0.25) is 0 Å². The highest BCUT2D eigenvalue weighted by atomic mass is 35.5. The number of hydrogen-bond donors (Lipinski definition) is 2. The van der Waals surface area contributed by atoms with Crippen LogP contribution in [-0.4, -0.2) is 32.8 Å². The highest BCUT2D eigenvalue weighted by Gasteiger charge is 2.11. The average Bonchev–Trinajstić information content (AvgIpc) is 3.15. The summed E-state index contributed by atoms with van der Waals surface area (Å²) < 4.78 is 16.3. The molecule has 0 aliphatic rings. The first-order valence-corrected chi connectivity index (χ1v) is 9.09. The summed E-state index contributed by atoms with van der Waals surface area (Å²) in [6.45, 7) is 6.44. The first-order valence-electron chi connectivity index (χ1n) is 8.71. The number of nitrogens with one attached hydrogen (secondary N) is 2. The number of furan rings is 1. The summed E-state index contributed by atoms with van der Waals surface area (Å²) in [6.07, 6.45) is 2.47. The van der Waals surface area contributed by atoms with E-state index in [1.54, 1.807) is 13.4 Å². The molecule has 0 saturated heterocycles. The Morgan fingerprint density at radius 2 is 2.12 bits per heavy atom. The van der Waals surface area contributed by atoms with Gasteiger partial charge in [0, 0.05) is 19.5 Å². The third-order valence-electron chi connectivity index (χ3n) is 3.59. The summed E-state index contributed by atoms with van der Waals surface area (Å²) in [5.74, 6) is 2.85. The van der Waals surface area contributed by atoms with Crippen molar-refractivity contribution in [2.24, 2.45) is 4.99 Å². The van der Waals surface area contributed by atoms with Crippen LogP contribution in [0.4, 0.5) is 0 Å². The number of hydrogen-bond acceptors (Lipinski definition) is 4. The van der Waals surface area contributed by atoms with Crippen LogP contribution in [-0.2, 0) is 13.0 Å². The van der Waals surface area contributed by atoms with Gasteiger partial charge in [0.1, 0.15) is 5.76 Å². The van der Waals surface area contributed by atoms with Crippen LogP contribution in [0.25, 0.3) is 0 Å². The van der Waals surface area contributed by atoms with Crippen LogP contribution in [0, 0.1) is 0 Å². The molecule has 0 bridgehead atoms. The smallest absolute Gasteiger partial charge is 0.191 e. The summed E-state index contributed by atoms with van der Waals surface area (Å²) >= 11 is 6.31. The number of benzene rings is 1. The number of halogens is 1. The van der Waals surface area contributed by atoms with Crippen molar-refractivity contribution < 1.29 is 13.9 Å². The van der Waals surface area contributed by atoms with Crippen LogP contribution in [0.2, 0.25) is 5.02 Å². The van der Waals surface area contributed by atoms with Crippen molar-refractivity contribution in [1.82, 2.24) is 10.6 Å². The predicted molar refractivity (Wildman–Crippen MR) is 104 cm³/mol. The lowest BCUT2D eigenvalue weighted by Gasteiger charge is -2.13. The van der Waals surface area contributed by atoms with E-state index >= 15 is 0 Å². The molecule has 26 heavy (non-hydrogen) atoms. The van der Waals surface area contributed by atoms with Crippen molar-refractivity contribution in [2.75, 3.05) is 26.8 Å². The monoisotopic (exact) mass is 379 g/mol. The Morgan fingerprint density at radius 3 is 2.77 bits per heavy atom. The Balaban J connectivity index is 2.02. The normalized spacial score (nSPS) is 11.3. The van der Waals surface area contributed by atoms with Crippen molar-refractivity contribution in [3.8, 4) is 11.5 Å². The Labute approximate surface area is 159 Å². The molecule has 2 rings (SSSR count). The Bertz CT molecular complexity index is 702. The van der Waals surface area contributed by atoms with E-state index in [0.29, 0.717) is 29.7 Å². The van der Waals surface area contributed by atoms with E-state index in [-0.39, 0.29) is 0 Å². The van der Waals surface area contributed by atoms with Crippen LogP contribution in [0.3, 0.4) is 0 Å². The minimum Gasteiger partial charge on any atom is -0.493 e. The van der Waals surface area contributed by atoms with E-state index in [4.69, 9.17) is 25.5 Å². The summed E-state index contributed by atoms with van der Waals surface area (Å²) in [6, 6.07) is 7.59. The zero-order chi connectivity index (χ0) is 18.8. The highest BCUT2D eigenvalue weighted by molar-refractivity contribution is 6.32. The van der Waals surface area contributed by atoms with Gasteiger partial charge in [0.05, 0.1) is 31.5 Å². The number of guanidine groups is 1. The third-order valence-corrected chi connectivity index (χ3v) is 3.87. The lowest BCUT2D eigenvalue weighted by Crippen LogP contribution is -2.38. The average molecular weight is 380 g/mol. The second-order valence-electron chi connectivity index (χ2n) is 5.49. The number of aliphatic imine (C=N–C) groups is 1. The predicted octanol–water partition coefficient (Wildman–Crippen LogP) is 3.64. The first kappa shape index (κ1) is 20.0. The molecule has 2 aromatic rings. The molecule has 0 unspecified atom stereocenters. The maximum Gasteiger partial charge on any atom is 0.191 e. The lowest BCUT2D eigenvalue weighted by molar-refractivity contribution is 0.311. The Hall–Kier alpha value is -2.34. The van der Waals surface area contributed by atoms with Crippen molar-refractivity contribution in [3.05, 3.63) is 46.9 Å². The molecule has 0 fully saturated rings. The molecule has 0 saturated carbocycles. The van der Waals surface area contributed by atoms with Crippen LogP contribution >= 0.6 is 11.6 Å². The van der Waals surface area contributed by atoms with Gasteiger partial charge < -0.3 is 24.5 Å². The molecule has 7 heteroatoms. The van der Waals surface area contributed by atoms with Gasteiger partial charge in [-0.2, -0.15) is 0 Å². The fraction of sp³-hybridized carbons (Fsp3) is 0.421. The van der Waals surface area contributed by atoms with Gasteiger partial charge in [-0.3, -0.25) is 0 Å². The van der Waals surface area contributed by atoms with Gasteiger partial charge in [0.15, 0.2) is 17.5 Å². The zero-order valence-electron chi connectivity index (χ0n) is 15.5. The molecule has 6 nitrogen and oxygen atoms in total. The minimum absolute atomic E-state index is 0.471. The number of methoxy groups -OCH3 is 1. The fourth-order valence-electron chi connectivity index (χ4n) is 2.42. The van der Waals surface area contributed by atoms with Crippen molar-refractivity contribution >= 4 is 17.6 Å². The standard InChI is InChI=1S/C19H26ClN3O3/c1-4-21-19(22-9-8-15-7-6-10-26-15)23-13-14-11-16(20)18(25-5-2)17(12-14)24-3/h6-7,10-12H,4-5,8-9,13H2,1-3H3,(H2,21,22,23). The van der Waals surface area contributed by atoms with Gasteiger partial charge in [-0.1, -0.05) is 11.6 Å². The lowest BCUT2D eigenvalue weighted by atomic mass is 10.2. The van der Waals surface area contributed by atoms with Gasteiger partial charge in [-0.05, 0) is 43.7 Å². The quantitative estimate of drug-likeness (QED) is 0.514. The molecule has 0 spiro atoms.